The summed E-state index contributed by atoms with van der Waals surface area (Å²) < 4.78 is 18.5. The smallest absolute Gasteiger partial charge is 0.341 e. The maximum absolute atomic E-state index is 13.4. The van der Waals surface area contributed by atoms with Crippen molar-refractivity contribution < 1.29 is 23.6 Å². The molecular weight excluding hydrogens is 399 g/mol. The summed E-state index contributed by atoms with van der Waals surface area (Å²) in [7, 11) is 0. The van der Waals surface area contributed by atoms with Crippen LogP contribution in [0.25, 0.3) is 11.1 Å². The zero-order chi connectivity index (χ0) is 21.0. The molecule has 9 heteroatoms. The number of nitrogens with one attached hydrogen (secondary N) is 1. The van der Waals surface area contributed by atoms with Crippen LogP contribution >= 0.6 is 11.3 Å². The molecule has 0 aliphatic heterocycles. The molecule has 0 bridgehead atoms. The van der Waals surface area contributed by atoms with Crippen LogP contribution in [0.5, 0.6) is 0 Å². The number of nitro benzene ring substituents is 1. The molecule has 0 saturated carbocycles. The zero-order valence-corrected chi connectivity index (χ0v) is 16.0. The van der Waals surface area contributed by atoms with E-state index >= 15 is 0 Å². The molecule has 1 heterocycles. The van der Waals surface area contributed by atoms with Crippen molar-refractivity contribution in [3.63, 3.8) is 0 Å². The number of thiophene rings is 1. The minimum atomic E-state index is -0.642. The molecule has 0 unspecified atom stereocenters. The van der Waals surface area contributed by atoms with Crippen molar-refractivity contribution >= 4 is 33.9 Å². The Kier molecular flexibility index (Phi) is 5.99. The number of nitro groups is 1. The van der Waals surface area contributed by atoms with Gasteiger partial charge < -0.3 is 10.1 Å². The van der Waals surface area contributed by atoms with Crippen molar-refractivity contribution in [1.82, 2.24) is 0 Å². The van der Waals surface area contributed by atoms with Gasteiger partial charge in [-0.2, -0.15) is 0 Å². The molecule has 2 aromatic carbocycles. The van der Waals surface area contributed by atoms with E-state index in [0.29, 0.717) is 11.1 Å². The summed E-state index contributed by atoms with van der Waals surface area (Å²) in [5, 5.41) is 15.4. The third-order valence-corrected chi connectivity index (χ3v) is 4.87. The number of benzene rings is 2. The van der Waals surface area contributed by atoms with Gasteiger partial charge in [0.25, 0.3) is 11.6 Å². The van der Waals surface area contributed by atoms with Crippen LogP contribution in [-0.4, -0.2) is 23.4 Å². The van der Waals surface area contributed by atoms with Gasteiger partial charge in [-0.1, -0.05) is 6.07 Å². The number of rotatable bonds is 6. The van der Waals surface area contributed by atoms with Crippen LogP contribution in [0.3, 0.4) is 0 Å². The van der Waals surface area contributed by atoms with Gasteiger partial charge in [0.1, 0.15) is 16.4 Å². The van der Waals surface area contributed by atoms with Crippen molar-refractivity contribution in [2.45, 2.75) is 6.92 Å². The lowest BCUT2D eigenvalue weighted by molar-refractivity contribution is -0.384. The Balaban J connectivity index is 1.98. The SMILES string of the molecule is CCOC(=O)c1c(-c2ccc([N+](=O)[O-])cc2)csc1NC(=O)c1cccc(F)c1. The number of esters is 1. The number of nitrogens with zero attached hydrogens (tertiary/aromatic N) is 1. The summed E-state index contributed by atoms with van der Waals surface area (Å²) in [6, 6.07) is 10.9. The second kappa shape index (κ2) is 8.61. The third kappa shape index (κ3) is 4.46. The van der Waals surface area contributed by atoms with Crippen molar-refractivity contribution in [3.8, 4) is 11.1 Å². The predicted octanol–water partition coefficient (Wildman–Crippen LogP) is 4.89. The summed E-state index contributed by atoms with van der Waals surface area (Å²) in [5.74, 6) is -1.77. The van der Waals surface area contributed by atoms with Crippen molar-refractivity contribution in [2.24, 2.45) is 0 Å². The quantitative estimate of drug-likeness (QED) is 0.352. The molecule has 3 rings (SSSR count). The number of hydrogen-bond donors (Lipinski definition) is 1. The Hall–Kier alpha value is -3.59. The Morgan fingerprint density at radius 1 is 1.21 bits per heavy atom. The summed E-state index contributed by atoms with van der Waals surface area (Å²) in [5.41, 5.74) is 1.18. The minimum Gasteiger partial charge on any atom is -0.462 e. The van der Waals surface area contributed by atoms with E-state index in [9.17, 15) is 24.1 Å². The molecule has 0 atom stereocenters. The van der Waals surface area contributed by atoms with E-state index in [1.165, 1.54) is 42.5 Å². The van der Waals surface area contributed by atoms with Crippen LogP contribution in [-0.2, 0) is 4.74 Å². The van der Waals surface area contributed by atoms with Gasteiger partial charge in [0.15, 0.2) is 0 Å². The molecule has 1 amide bonds. The molecule has 29 heavy (non-hydrogen) atoms. The second-order valence-corrected chi connectivity index (χ2v) is 6.72. The molecule has 148 valence electrons. The standard InChI is InChI=1S/C20H15FN2O5S/c1-2-28-20(25)17-16(12-6-8-15(9-7-12)23(26)27)11-29-19(17)22-18(24)13-4-3-5-14(21)10-13/h3-11H,2H2,1H3,(H,22,24). The van der Waals surface area contributed by atoms with Crippen molar-refractivity contribution in [1.29, 1.82) is 0 Å². The van der Waals surface area contributed by atoms with Crippen LogP contribution < -0.4 is 5.32 Å². The minimum absolute atomic E-state index is 0.0821. The van der Waals surface area contributed by atoms with E-state index in [2.05, 4.69) is 5.32 Å². The van der Waals surface area contributed by atoms with Gasteiger partial charge in [-0.05, 0) is 42.8 Å². The number of hydrogen-bond acceptors (Lipinski definition) is 6. The van der Waals surface area contributed by atoms with E-state index < -0.39 is 22.6 Å². The first kappa shape index (κ1) is 20.2. The van der Waals surface area contributed by atoms with E-state index in [1.807, 2.05) is 0 Å². The number of carbonyl (C=O) groups excluding carboxylic acids is 2. The normalized spacial score (nSPS) is 10.4. The largest absolute Gasteiger partial charge is 0.462 e. The molecule has 7 nitrogen and oxygen atoms in total. The van der Waals surface area contributed by atoms with E-state index in [1.54, 1.807) is 12.3 Å². The fourth-order valence-corrected chi connectivity index (χ4v) is 3.59. The number of ether oxygens (including phenoxy) is 1. The van der Waals surface area contributed by atoms with Crippen LogP contribution in [0.2, 0.25) is 0 Å². The molecule has 3 aromatic rings. The third-order valence-electron chi connectivity index (χ3n) is 3.97. The van der Waals surface area contributed by atoms with E-state index in [0.717, 1.165) is 17.4 Å². The Morgan fingerprint density at radius 2 is 1.93 bits per heavy atom. The van der Waals surface area contributed by atoms with Gasteiger partial charge in [0, 0.05) is 28.6 Å². The number of amides is 1. The highest BCUT2D eigenvalue weighted by molar-refractivity contribution is 7.15. The van der Waals surface area contributed by atoms with E-state index in [-0.39, 0.29) is 28.4 Å². The van der Waals surface area contributed by atoms with Gasteiger partial charge in [-0.3, -0.25) is 14.9 Å². The number of halogens is 1. The molecule has 1 aromatic heterocycles. The summed E-state index contributed by atoms with van der Waals surface area (Å²) in [4.78, 5) is 35.3. The second-order valence-electron chi connectivity index (χ2n) is 5.84. The Morgan fingerprint density at radius 3 is 2.55 bits per heavy atom. The molecule has 0 fully saturated rings. The molecule has 0 radical (unpaired) electrons. The average molecular weight is 414 g/mol. The number of non-ortho nitro benzene ring substituents is 1. The predicted molar refractivity (Wildman–Crippen MR) is 107 cm³/mol. The molecular formula is C20H15FN2O5S. The first-order valence-electron chi connectivity index (χ1n) is 8.51. The highest BCUT2D eigenvalue weighted by Gasteiger charge is 2.23. The molecule has 0 saturated heterocycles. The molecule has 0 aliphatic rings. The number of anilines is 1. The first-order valence-corrected chi connectivity index (χ1v) is 9.39. The lowest BCUT2D eigenvalue weighted by Crippen LogP contribution is -2.15. The van der Waals surface area contributed by atoms with Crippen LogP contribution in [0.4, 0.5) is 15.1 Å². The fourth-order valence-electron chi connectivity index (χ4n) is 2.64. The lowest BCUT2D eigenvalue weighted by atomic mass is 10.0. The Labute approximate surface area is 168 Å². The summed E-state index contributed by atoms with van der Waals surface area (Å²) >= 11 is 1.10. The van der Waals surface area contributed by atoms with Crippen LogP contribution in [0.15, 0.2) is 53.9 Å². The highest BCUT2D eigenvalue weighted by Crippen LogP contribution is 2.37. The van der Waals surface area contributed by atoms with Gasteiger partial charge in [-0.15, -0.1) is 11.3 Å². The molecule has 1 N–H and O–H groups in total. The maximum Gasteiger partial charge on any atom is 0.341 e. The van der Waals surface area contributed by atoms with Gasteiger partial charge >= 0.3 is 5.97 Å². The van der Waals surface area contributed by atoms with E-state index in [4.69, 9.17) is 4.74 Å². The van der Waals surface area contributed by atoms with Gasteiger partial charge in [0.05, 0.1) is 11.5 Å². The topological polar surface area (TPSA) is 98.5 Å². The van der Waals surface area contributed by atoms with Crippen LogP contribution in [0, 0.1) is 15.9 Å². The lowest BCUT2D eigenvalue weighted by Gasteiger charge is -2.09. The summed E-state index contributed by atoms with van der Waals surface area (Å²) in [6.45, 7) is 1.78. The molecule has 0 aliphatic carbocycles. The Bertz CT molecular complexity index is 1080. The van der Waals surface area contributed by atoms with Crippen molar-refractivity contribution in [3.05, 3.63) is 81.0 Å². The monoisotopic (exact) mass is 414 g/mol. The maximum atomic E-state index is 13.4. The highest BCUT2D eigenvalue weighted by atomic mass is 32.1. The van der Waals surface area contributed by atoms with Gasteiger partial charge in [0.2, 0.25) is 0 Å². The zero-order valence-electron chi connectivity index (χ0n) is 15.2. The fraction of sp³-hybridized carbons (Fsp3) is 0.100. The van der Waals surface area contributed by atoms with Crippen LogP contribution in [0.1, 0.15) is 27.6 Å². The summed E-state index contributed by atoms with van der Waals surface area (Å²) in [6.07, 6.45) is 0. The average Bonchev–Trinajstić information content (AvgIpc) is 3.11. The molecule has 0 spiro atoms. The first-order chi connectivity index (χ1) is 13.9. The number of carbonyl (C=O) groups is 2. The van der Waals surface area contributed by atoms with Crippen molar-refractivity contribution in [2.75, 3.05) is 11.9 Å². The van der Waals surface area contributed by atoms with Gasteiger partial charge in [-0.25, -0.2) is 9.18 Å².